The van der Waals surface area contributed by atoms with Crippen molar-refractivity contribution in [3.63, 3.8) is 0 Å². The lowest BCUT2D eigenvalue weighted by molar-refractivity contribution is -0.138. The van der Waals surface area contributed by atoms with Crippen LogP contribution in [-0.4, -0.2) is 81.4 Å². The molecule has 13 heteroatoms. The second-order valence-electron chi connectivity index (χ2n) is 13.4. The Hall–Kier alpha value is -3.74. The molecule has 1 aliphatic carbocycles. The number of amides is 4. The summed E-state index contributed by atoms with van der Waals surface area (Å²) >= 11 is 1.41. The number of aromatic nitrogens is 1. The monoisotopic (exact) mass is 701 g/mol. The number of likely N-dealkylation sites (tertiary alicyclic amines) is 1. The van der Waals surface area contributed by atoms with Gasteiger partial charge in [0.15, 0.2) is 0 Å². The average Bonchev–Trinajstić information content (AvgIpc) is 3.66. The Morgan fingerprint density at radius 3 is 2.51 bits per heavy atom. The first-order chi connectivity index (χ1) is 23.4. The van der Waals surface area contributed by atoms with E-state index in [0.29, 0.717) is 31.1 Å². The van der Waals surface area contributed by atoms with E-state index in [2.05, 4.69) is 15.4 Å². The summed E-state index contributed by atoms with van der Waals surface area (Å²) in [7, 11) is 1.76. The minimum absolute atomic E-state index is 0.178. The fraction of sp³-hybridized carbons (Fsp3) is 0.639. The summed E-state index contributed by atoms with van der Waals surface area (Å²) in [5.74, 6) is -1.89. The smallest absolute Gasteiger partial charge is 0.407 e. The van der Waals surface area contributed by atoms with E-state index < -0.39 is 24.1 Å². The lowest BCUT2D eigenvalue weighted by Crippen LogP contribution is -2.53. The zero-order valence-electron chi connectivity index (χ0n) is 29.9. The number of carboxylic acids is 1. The van der Waals surface area contributed by atoms with Crippen LogP contribution in [0.25, 0.3) is 10.9 Å². The number of nitrogens with one attached hydrogen (secondary N) is 3. The van der Waals surface area contributed by atoms with Gasteiger partial charge in [0.2, 0.25) is 11.8 Å². The van der Waals surface area contributed by atoms with Crippen LogP contribution >= 0.6 is 11.9 Å². The van der Waals surface area contributed by atoms with E-state index in [4.69, 9.17) is 4.74 Å². The first-order valence-corrected chi connectivity index (χ1v) is 18.5. The van der Waals surface area contributed by atoms with Crippen molar-refractivity contribution in [1.82, 2.24) is 24.8 Å². The standard InChI is InChI=1S/C34H49N5O7S.C2H6/c1-5-10-25(30(41)37-47-23-15-16-23)36-31(42)27-14-9-18-39(27)29(40)20-35-33(45)46-21-34(2,3)17-7-6-11-22-12-8-13-26-24(22)19-28(32(43)44)38(26)4;1-2/h8,12-13,19,23,25,27H,5-7,9-11,14-18,20-21H2,1-4H3,(H,35,45)(H,36,42)(H,37,41)(H,43,44);1-2H3. The number of fused-ring (bicyclic) bond motifs is 1. The molecule has 4 N–H and O–H groups in total. The van der Waals surface area contributed by atoms with E-state index in [9.17, 15) is 29.1 Å². The lowest BCUT2D eigenvalue weighted by Gasteiger charge is -2.27. The normalized spacial score (nSPS) is 16.4. The number of carbonyl (C=O) groups is 5. The molecule has 2 fully saturated rings. The number of carbonyl (C=O) groups excluding carboxylic acids is 4. The van der Waals surface area contributed by atoms with Gasteiger partial charge in [-0.3, -0.25) is 19.1 Å². The van der Waals surface area contributed by atoms with Gasteiger partial charge in [-0.05, 0) is 86.4 Å². The van der Waals surface area contributed by atoms with E-state index in [1.54, 1.807) is 17.7 Å². The van der Waals surface area contributed by atoms with Crippen molar-refractivity contribution >= 4 is 52.6 Å². The van der Waals surface area contributed by atoms with Crippen LogP contribution in [0.2, 0.25) is 0 Å². The second-order valence-corrected chi connectivity index (χ2v) is 14.5. The predicted molar refractivity (Wildman–Crippen MR) is 192 cm³/mol. The van der Waals surface area contributed by atoms with E-state index >= 15 is 0 Å². The maximum Gasteiger partial charge on any atom is 0.407 e. The van der Waals surface area contributed by atoms with Crippen LogP contribution in [0.5, 0.6) is 0 Å². The molecule has 12 nitrogen and oxygen atoms in total. The van der Waals surface area contributed by atoms with E-state index in [0.717, 1.165) is 61.4 Å². The molecule has 2 aliphatic rings. The summed E-state index contributed by atoms with van der Waals surface area (Å²) < 4.78 is 10.00. The largest absolute Gasteiger partial charge is 0.477 e. The zero-order chi connectivity index (χ0) is 36.1. The molecule has 4 rings (SSSR count). The van der Waals surface area contributed by atoms with Crippen LogP contribution in [0, 0.1) is 5.41 Å². The molecule has 2 atom stereocenters. The van der Waals surface area contributed by atoms with Crippen LogP contribution in [0.3, 0.4) is 0 Å². The number of carboxylic acid groups (broad SMARTS) is 1. The van der Waals surface area contributed by atoms with E-state index in [-0.39, 0.29) is 42.0 Å². The molecule has 1 saturated carbocycles. The maximum atomic E-state index is 13.1. The number of hydrogen-bond donors (Lipinski definition) is 4. The molecule has 4 amide bonds. The quantitative estimate of drug-likeness (QED) is 0.123. The van der Waals surface area contributed by atoms with Crippen LogP contribution in [0.4, 0.5) is 4.79 Å². The van der Waals surface area contributed by atoms with Crippen molar-refractivity contribution in [1.29, 1.82) is 0 Å². The number of rotatable bonds is 17. The predicted octanol–water partition coefficient (Wildman–Crippen LogP) is 5.57. The van der Waals surface area contributed by atoms with Crippen molar-refractivity contribution in [2.45, 2.75) is 116 Å². The third-order valence-electron chi connectivity index (χ3n) is 8.86. The zero-order valence-corrected chi connectivity index (χ0v) is 30.7. The van der Waals surface area contributed by atoms with Gasteiger partial charge in [-0.2, -0.15) is 0 Å². The van der Waals surface area contributed by atoms with Gasteiger partial charge in [-0.15, -0.1) is 0 Å². The van der Waals surface area contributed by atoms with Crippen molar-refractivity contribution in [3.05, 3.63) is 35.5 Å². The Morgan fingerprint density at radius 1 is 1.10 bits per heavy atom. The van der Waals surface area contributed by atoms with Crippen LogP contribution in [0.15, 0.2) is 24.3 Å². The highest BCUT2D eigenvalue weighted by Crippen LogP contribution is 2.32. The summed E-state index contributed by atoms with van der Waals surface area (Å²) in [5, 5.41) is 16.2. The molecule has 2 unspecified atom stereocenters. The van der Waals surface area contributed by atoms with Gasteiger partial charge in [0, 0.05) is 29.7 Å². The SMILES string of the molecule is CC.CCCC(NC(=O)C1CCCN1C(=O)CNC(=O)OCC(C)(C)CCCCc1cccc2c1cc(C(=O)O)n2C)C(=O)NSC1CC1. The molecule has 272 valence electrons. The van der Waals surface area contributed by atoms with Gasteiger partial charge in [0.05, 0.1) is 6.61 Å². The van der Waals surface area contributed by atoms with Crippen molar-refractivity contribution in [2.24, 2.45) is 12.5 Å². The molecule has 1 aliphatic heterocycles. The van der Waals surface area contributed by atoms with Gasteiger partial charge < -0.3 is 29.9 Å². The Kier molecular flexibility index (Phi) is 15.3. The molecular weight excluding hydrogens is 646 g/mol. The first kappa shape index (κ1) is 39.7. The van der Waals surface area contributed by atoms with Crippen LogP contribution in [-0.2, 0) is 32.6 Å². The number of alkyl carbamates (subject to hydrolysis) is 1. The first-order valence-electron chi connectivity index (χ1n) is 17.7. The number of ether oxygens (including phenoxy) is 1. The number of aryl methyl sites for hydroxylation is 2. The maximum absolute atomic E-state index is 13.1. The Balaban J connectivity index is 0.00000319. The fourth-order valence-electron chi connectivity index (χ4n) is 5.96. The molecule has 1 aromatic carbocycles. The highest BCUT2D eigenvalue weighted by atomic mass is 32.2. The molecule has 2 aromatic rings. The van der Waals surface area contributed by atoms with Crippen LogP contribution < -0.4 is 15.4 Å². The van der Waals surface area contributed by atoms with Gasteiger partial charge in [0.1, 0.15) is 24.3 Å². The van der Waals surface area contributed by atoms with Crippen molar-refractivity contribution in [3.8, 4) is 0 Å². The molecule has 1 saturated heterocycles. The number of hydrogen-bond acceptors (Lipinski definition) is 7. The Morgan fingerprint density at radius 2 is 1.84 bits per heavy atom. The highest BCUT2D eigenvalue weighted by molar-refractivity contribution is 7.98. The van der Waals surface area contributed by atoms with Crippen molar-refractivity contribution in [2.75, 3.05) is 19.7 Å². The van der Waals surface area contributed by atoms with Crippen LogP contribution in [0.1, 0.15) is 108 Å². The molecule has 0 spiro atoms. The molecule has 1 aromatic heterocycles. The minimum atomic E-state index is -0.950. The Labute approximate surface area is 294 Å². The highest BCUT2D eigenvalue weighted by Gasteiger charge is 2.36. The van der Waals surface area contributed by atoms with Gasteiger partial charge in [0.25, 0.3) is 5.91 Å². The molecular formula is C36H55N5O7S. The van der Waals surface area contributed by atoms with Gasteiger partial charge in [-0.1, -0.05) is 59.6 Å². The molecule has 49 heavy (non-hydrogen) atoms. The molecule has 0 bridgehead atoms. The summed E-state index contributed by atoms with van der Waals surface area (Å²) in [6.07, 6.45) is 7.28. The third kappa shape index (κ3) is 11.7. The summed E-state index contributed by atoms with van der Waals surface area (Å²) in [5.41, 5.74) is 1.98. The summed E-state index contributed by atoms with van der Waals surface area (Å²) in [4.78, 5) is 64.2. The number of nitrogens with zero attached hydrogens (tertiary/aromatic N) is 2. The summed E-state index contributed by atoms with van der Waals surface area (Å²) in [6, 6.07) is 6.29. The number of aromatic carboxylic acids is 1. The van der Waals surface area contributed by atoms with Crippen molar-refractivity contribution < 1.29 is 33.8 Å². The summed E-state index contributed by atoms with van der Waals surface area (Å²) in [6.45, 7) is 10.3. The fourth-order valence-corrected chi connectivity index (χ4v) is 6.76. The molecule has 0 radical (unpaired) electrons. The minimum Gasteiger partial charge on any atom is -0.477 e. The topological polar surface area (TPSA) is 159 Å². The number of benzene rings is 1. The van der Waals surface area contributed by atoms with E-state index in [1.807, 2.05) is 52.8 Å². The average molecular weight is 702 g/mol. The van der Waals surface area contributed by atoms with E-state index in [1.165, 1.54) is 16.8 Å². The Bertz CT molecular complexity index is 1450. The van der Waals surface area contributed by atoms with Gasteiger partial charge in [-0.25, -0.2) is 9.59 Å². The second kappa shape index (κ2) is 18.9. The van der Waals surface area contributed by atoms with Gasteiger partial charge >= 0.3 is 12.1 Å². The molecule has 2 heterocycles. The number of unbranched alkanes of at least 4 members (excludes halogenated alkanes) is 1. The third-order valence-corrected chi connectivity index (χ3v) is 9.98. The lowest BCUT2D eigenvalue weighted by atomic mass is 9.87.